The van der Waals surface area contributed by atoms with Crippen LogP contribution in [0.4, 0.5) is 11.4 Å². The van der Waals surface area contributed by atoms with E-state index in [1.807, 2.05) is 13.8 Å². The van der Waals surface area contributed by atoms with Crippen LogP contribution in [0.1, 0.15) is 21.5 Å². The molecule has 0 heterocycles. The summed E-state index contributed by atoms with van der Waals surface area (Å²) in [5.74, 6) is -1.05. The fourth-order valence-electron chi connectivity index (χ4n) is 1.93. The van der Waals surface area contributed by atoms with E-state index in [1.165, 1.54) is 12.1 Å². The van der Waals surface area contributed by atoms with Crippen LogP contribution in [0.25, 0.3) is 0 Å². The summed E-state index contributed by atoms with van der Waals surface area (Å²) in [7, 11) is 0. The number of hydrogen-bond acceptors (Lipinski definition) is 3. The lowest BCUT2D eigenvalue weighted by Gasteiger charge is -2.16. The number of para-hydroxylation sites is 1. The SMILES string of the molecule is Cc1c(Cl)cc(O)c(Nc2ccccc2C(=O)O)c1C. The second kappa shape index (κ2) is 5.43. The molecule has 3 N–H and O–H groups in total. The van der Waals surface area contributed by atoms with Gasteiger partial charge in [0.1, 0.15) is 5.75 Å². The van der Waals surface area contributed by atoms with Gasteiger partial charge in [-0.3, -0.25) is 0 Å². The van der Waals surface area contributed by atoms with Crippen LogP contribution in [0.15, 0.2) is 30.3 Å². The number of carboxylic acids is 1. The molecule has 0 aliphatic heterocycles. The fraction of sp³-hybridized carbons (Fsp3) is 0.133. The van der Waals surface area contributed by atoms with Gasteiger partial charge in [-0.2, -0.15) is 0 Å². The Balaban J connectivity index is 2.51. The number of phenols is 1. The van der Waals surface area contributed by atoms with Gasteiger partial charge in [-0.1, -0.05) is 23.7 Å². The van der Waals surface area contributed by atoms with Crippen molar-refractivity contribution in [2.75, 3.05) is 5.32 Å². The Labute approximate surface area is 121 Å². The van der Waals surface area contributed by atoms with Crippen molar-refractivity contribution in [2.45, 2.75) is 13.8 Å². The van der Waals surface area contributed by atoms with Crippen molar-refractivity contribution < 1.29 is 15.0 Å². The molecule has 4 nitrogen and oxygen atoms in total. The molecule has 2 rings (SSSR count). The molecule has 104 valence electrons. The van der Waals surface area contributed by atoms with E-state index in [2.05, 4.69) is 5.32 Å². The highest BCUT2D eigenvalue weighted by atomic mass is 35.5. The largest absolute Gasteiger partial charge is 0.506 e. The zero-order chi connectivity index (χ0) is 14.9. The van der Waals surface area contributed by atoms with Gasteiger partial charge < -0.3 is 15.5 Å². The monoisotopic (exact) mass is 291 g/mol. The van der Waals surface area contributed by atoms with Gasteiger partial charge in [0.25, 0.3) is 0 Å². The number of aromatic hydroxyl groups is 1. The van der Waals surface area contributed by atoms with Crippen LogP contribution in [0, 0.1) is 13.8 Å². The van der Waals surface area contributed by atoms with Gasteiger partial charge in [-0.15, -0.1) is 0 Å². The molecule has 0 saturated carbocycles. The lowest BCUT2D eigenvalue weighted by atomic mass is 10.1. The zero-order valence-corrected chi connectivity index (χ0v) is 11.8. The number of anilines is 2. The molecule has 0 radical (unpaired) electrons. The fourth-order valence-corrected chi connectivity index (χ4v) is 2.18. The first-order chi connectivity index (χ1) is 9.41. The van der Waals surface area contributed by atoms with Crippen LogP contribution in [0.2, 0.25) is 5.02 Å². The first-order valence-electron chi connectivity index (χ1n) is 6.00. The van der Waals surface area contributed by atoms with E-state index in [9.17, 15) is 9.90 Å². The summed E-state index contributed by atoms with van der Waals surface area (Å²) in [6.45, 7) is 3.65. The molecule has 0 spiro atoms. The summed E-state index contributed by atoms with van der Waals surface area (Å²) in [5, 5.41) is 22.6. The number of benzene rings is 2. The second-order valence-corrected chi connectivity index (χ2v) is 4.89. The number of rotatable bonds is 3. The minimum absolute atomic E-state index is 0.0155. The maximum atomic E-state index is 11.2. The highest BCUT2D eigenvalue weighted by molar-refractivity contribution is 6.31. The molecule has 0 amide bonds. The third-order valence-electron chi connectivity index (χ3n) is 3.23. The Morgan fingerprint density at radius 3 is 2.50 bits per heavy atom. The van der Waals surface area contributed by atoms with Gasteiger partial charge in [0.05, 0.1) is 16.9 Å². The lowest BCUT2D eigenvalue weighted by molar-refractivity contribution is 0.0698. The number of carbonyl (C=O) groups is 1. The van der Waals surface area contributed by atoms with Crippen LogP contribution >= 0.6 is 11.6 Å². The topological polar surface area (TPSA) is 69.6 Å². The molecule has 0 unspecified atom stereocenters. The predicted molar refractivity (Wildman–Crippen MR) is 79.3 cm³/mol. The van der Waals surface area contributed by atoms with Gasteiger partial charge >= 0.3 is 5.97 Å². The van der Waals surface area contributed by atoms with Gasteiger partial charge in [0.2, 0.25) is 0 Å². The summed E-state index contributed by atoms with van der Waals surface area (Å²) < 4.78 is 0. The smallest absolute Gasteiger partial charge is 0.337 e. The average Bonchev–Trinajstić information content (AvgIpc) is 2.41. The van der Waals surface area contributed by atoms with Crippen LogP contribution in [-0.4, -0.2) is 16.2 Å². The van der Waals surface area contributed by atoms with Crippen LogP contribution < -0.4 is 5.32 Å². The molecule has 2 aromatic rings. The Kier molecular flexibility index (Phi) is 3.86. The van der Waals surface area contributed by atoms with Crippen molar-refractivity contribution in [3.05, 3.63) is 52.0 Å². The molecule has 2 aromatic carbocycles. The number of nitrogens with one attached hydrogen (secondary N) is 1. The van der Waals surface area contributed by atoms with Gasteiger partial charge in [0.15, 0.2) is 0 Å². The summed E-state index contributed by atoms with van der Waals surface area (Å²) >= 11 is 5.99. The second-order valence-electron chi connectivity index (χ2n) is 4.48. The Bertz CT molecular complexity index is 683. The van der Waals surface area contributed by atoms with E-state index < -0.39 is 5.97 Å². The van der Waals surface area contributed by atoms with Gasteiger partial charge in [0, 0.05) is 11.1 Å². The maximum Gasteiger partial charge on any atom is 0.337 e. The number of hydrogen-bond donors (Lipinski definition) is 3. The maximum absolute atomic E-state index is 11.2. The molecular formula is C15H14ClNO3. The predicted octanol–water partition coefficient (Wildman–Crippen LogP) is 4.10. The summed E-state index contributed by atoms with van der Waals surface area (Å²) in [4.78, 5) is 11.2. The summed E-state index contributed by atoms with van der Waals surface area (Å²) in [6.07, 6.45) is 0. The first-order valence-corrected chi connectivity index (χ1v) is 6.37. The van der Waals surface area contributed by atoms with E-state index in [1.54, 1.807) is 18.2 Å². The number of aromatic carboxylic acids is 1. The molecule has 20 heavy (non-hydrogen) atoms. The number of halogens is 1. The van der Waals surface area contributed by atoms with Gasteiger partial charge in [-0.05, 0) is 37.1 Å². The Morgan fingerprint density at radius 2 is 1.85 bits per heavy atom. The molecule has 0 saturated heterocycles. The lowest BCUT2D eigenvalue weighted by Crippen LogP contribution is -2.04. The van der Waals surface area contributed by atoms with E-state index in [0.29, 0.717) is 16.4 Å². The highest BCUT2D eigenvalue weighted by Gasteiger charge is 2.14. The third kappa shape index (κ3) is 2.56. The minimum atomic E-state index is -1.03. The van der Waals surface area contributed by atoms with E-state index in [-0.39, 0.29) is 11.3 Å². The normalized spacial score (nSPS) is 10.3. The number of carboxylic acid groups (broad SMARTS) is 1. The molecule has 0 atom stereocenters. The van der Waals surface area contributed by atoms with Crippen molar-refractivity contribution in [3.8, 4) is 5.75 Å². The zero-order valence-electron chi connectivity index (χ0n) is 11.1. The van der Waals surface area contributed by atoms with Crippen molar-refractivity contribution in [1.29, 1.82) is 0 Å². The molecular weight excluding hydrogens is 278 g/mol. The van der Waals surface area contributed by atoms with Crippen molar-refractivity contribution in [2.24, 2.45) is 0 Å². The van der Waals surface area contributed by atoms with Crippen molar-refractivity contribution >= 4 is 28.9 Å². The summed E-state index contributed by atoms with van der Waals surface area (Å²) in [6, 6.07) is 7.96. The molecule has 0 aromatic heterocycles. The number of phenolic OH excluding ortho intramolecular Hbond substituents is 1. The summed E-state index contributed by atoms with van der Waals surface area (Å²) in [5.41, 5.74) is 2.62. The van der Waals surface area contributed by atoms with E-state index in [4.69, 9.17) is 16.7 Å². The van der Waals surface area contributed by atoms with Gasteiger partial charge in [-0.25, -0.2) is 4.79 Å². The Morgan fingerprint density at radius 1 is 1.20 bits per heavy atom. The highest BCUT2D eigenvalue weighted by Crippen LogP contribution is 2.37. The third-order valence-corrected chi connectivity index (χ3v) is 3.63. The quantitative estimate of drug-likeness (QED) is 0.745. The molecule has 5 heteroatoms. The standard InChI is InChI=1S/C15H14ClNO3/c1-8-9(2)14(13(18)7-11(8)16)17-12-6-4-3-5-10(12)15(19)20/h3-7,17-18H,1-2H3,(H,19,20). The van der Waals surface area contributed by atoms with Crippen LogP contribution in [0.3, 0.4) is 0 Å². The van der Waals surface area contributed by atoms with E-state index in [0.717, 1.165) is 11.1 Å². The van der Waals surface area contributed by atoms with Crippen molar-refractivity contribution in [1.82, 2.24) is 0 Å². The van der Waals surface area contributed by atoms with Crippen molar-refractivity contribution in [3.63, 3.8) is 0 Å². The van der Waals surface area contributed by atoms with Crippen LogP contribution in [-0.2, 0) is 0 Å². The van der Waals surface area contributed by atoms with E-state index >= 15 is 0 Å². The molecule has 0 fully saturated rings. The molecule has 0 aliphatic carbocycles. The van der Waals surface area contributed by atoms with Crippen LogP contribution in [0.5, 0.6) is 5.75 Å². The molecule has 0 aliphatic rings. The Hall–Kier alpha value is -2.20. The first kappa shape index (κ1) is 14.2. The average molecular weight is 292 g/mol. The molecule has 0 bridgehead atoms. The minimum Gasteiger partial charge on any atom is -0.506 e.